The smallest absolute Gasteiger partial charge is 0.410 e. The van der Waals surface area contributed by atoms with Crippen LogP contribution in [-0.4, -0.2) is 47.0 Å². The highest BCUT2D eigenvalue weighted by atomic mass is 16.6. The van der Waals surface area contributed by atoms with E-state index in [0.717, 1.165) is 35.6 Å². The molecule has 4 aliphatic rings. The molecule has 164 valence electrons. The molecule has 4 aliphatic heterocycles. The fourth-order valence-electron chi connectivity index (χ4n) is 3.96. The highest BCUT2D eigenvalue weighted by molar-refractivity contribution is 5.88. The van der Waals surface area contributed by atoms with Crippen molar-refractivity contribution in [2.24, 2.45) is 5.92 Å². The van der Waals surface area contributed by atoms with E-state index in [0.29, 0.717) is 25.6 Å². The number of nitrogens with one attached hydrogen (secondary N) is 2. The van der Waals surface area contributed by atoms with Gasteiger partial charge in [-0.2, -0.15) is 0 Å². The molecule has 2 amide bonds. The Morgan fingerprint density at radius 3 is 2.74 bits per heavy atom. The summed E-state index contributed by atoms with van der Waals surface area (Å²) in [5.41, 5.74) is 2.64. The van der Waals surface area contributed by atoms with Crippen molar-refractivity contribution in [2.75, 3.05) is 19.6 Å². The Balaban J connectivity index is 1.23. The van der Waals surface area contributed by atoms with Crippen LogP contribution in [0.2, 0.25) is 0 Å². The van der Waals surface area contributed by atoms with Crippen molar-refractivity contribution in [3.63, 3.8) is 0 Å². The van der Waals surface area contributed by atoms with Gasteiger partial charge in [0.15, 0.2) is 0 Å². The molecule has 0 aromatic rings. The van der Waals surface area contributed by atoms with Gasteiger partial charge in [0.25, 0.3) is 0 Å². The lowest BCUT2D eigenvalue weighted by molar-refractivity contribution is -0.116. The number of hydrogen-bond acceptors (Lipinski definition) is 5. The van der Waals surface area contributed by atoms with E-state index in [1.165, 1.54) is 0 Å². The molecule has 1 saturated heterocycles. The number of carbonyl (C=O) groups is 2. The average molecular weight is 423 g/mol. The number of hydrogen-bond donors (Lipinski definition) is 2. The lowest BCUT2D eigenvalue weighted by atomic mass is 9.97. The van der Waals surface area contributed by atoms with Crippen molar-refractivity contribution in [3.05, 3.63) is 71.5 Å². The Morgan fingerprint density at radius 1 is 1.23 bits per heavy atom. The predicted molar refractivity (Wildman–Crippen MR) is 119 cm³/mol. The number of allylic oxidation sites excluding steroid dienone is 7. The molecule has 4 heterocycles. The van der Waals surface area contributed by atoms with Crippen molar-refractivity contribution in [1.82, 2.24) is 20.4 Å². The van der Waals surface area contributed by atoms with Crippen LogP contribution < -0.4 is 10.6 Å². The fraction of sp³-hybridized carbons (Fsp3) is 0.417. The van der Waals surface area contributed by atoms with Crippen LogP contribution in [0.3, 0.4) is 0 Å². The summed E-state index contributed by atoms with van der Waals surface area (Å²) >= 11 is 0. The number of carbonyl (C=O) groups excluding carboxylic acids is 2. The molecule has 1 fully saturated rings. The zero-order chi connectivity index (χ0) is 22.0. The predicted octanol–water partition coefficient (Wildman–Crippen LogP) is 3.29. The second-order valence-corrected chi connectivity index (χ2v) is 9.16. The first kappa shape index (κ1) is 21.0. The van der Waals surface area contributed by atoms with Gasteiger partial charge in [-0.25, -0.2) is 4.79 Å². The standard InChI is InChI=1S/C24H30N4O3/c1-24(2,3)31-23(30)27-11-9-17(10-12-27)15-26-22(29)8-7-18-13-19-5-4-6-21-25-16-20(14-18)28(19)21/h4-8,13-14,16-17,25H,9-12,15H2,1-3H3,(H,26,29). The molecule has 0 spiro atoms. The van der Waals surface area contributed by atoms with Crippen molar-refractivity contribution >= 4 is 12.0 Å². The monoisotopic (exact) mass is 422 g/mol. The second kappa shape index (κ2) is 8.49. The lowest BCUT2D eigenvalue weighted by Crippen LogP contribution is -2.43. The maximum absolute atomic E-state index is 12.3. The zero-order valence-electron chi connectivity index (χ0n) is 18.4. The Hall–Kier alpha value is -3.22. The van der Waals surface area contributed by atoms with E-state index >= 15 is 0 Å². The van der Waals surface area contributed by atoms with E-state index in [2.05, 4.69) is 27.7 Å². The molecule has 0 saturated carbocycles. The van der Waals surface area contributed by atoms with Crippen LogP contribution in [0.5, 0.6) is 0 Å². The first-order valence-electron chi connectivity index (χ1n) is 10.8. The molecule has 0 aliphatic carbocycles. The minimum absolute atomic E-state index is 0.102. The third-order valence-corrected chi connectivity index (χ3v) is 5.53. The Morgan fingerprint density at radius 2 is 2.00 bits per heavy atom. The zero-order valence-corrected chi connectivity index (χ0v) is 18.4. The van der Waals surface area contributed by atoms with Crippen LogP contribution in [0, 0.1) is 5.92 Å². The number of likely N-dealkylation sites (tertiary alicyclic amines) is 1. The summed E-state index contributed by atoms with van der Waals surface area (Å²) in [5, 5.41) is 6.24. The van der Waals surface area contributed by atoms with Gasteiger partial charge in [-0.3, -0.25) is 9.69 Å². The molecule has 0 radical (unpaired) electrons. The van der Waals surface area contributed by atoms with Crippen LogP contribution in [0.4, 0.5) is 4.79 Å². The number of rotatable bonds is 4. The van der Waals surface area contributed by atoms with Gasteiger partial charge in [0.2, 0.25) is 5.91 Å². The second-order valence-electron chi connectivity index (χ2n) is 9.16. The summed E-state index contributed by atoms with van der Waals surface area (Å²) in [6.45, 7) is 7.56. The molecule has 0 aromatic carbocycles. The van der Waals surface area contributed by atoms with Gasteiger partial charge < -0.3 is 20.3 Å². The number of amides is 2. The van der Waals surface area contributed by atoms with Crippen molar-refractivity contribution in [2.45, 2.75) is 39.2 Å². The number of ether oxygens (including phenoxy) is 1. The van der Waals surface area contributed by atoms with Crippen molar-refractivity contribution < 1.29 is 14.3 Å². The van der Waals surface area contributed by atoms with E-state index in [9.17, 15) is 9.59 Å². The normalized spacial score (nSPS) is 20.5. The van der Waals surface area contributed by atoms with E-state index in [-0.39, 0.29) is 12.0 Å². The molecule has 0 bridgehead atoms. The van der Waals surface area contributed by atoms with Gasteiger partial charge in [-0.05, 0) is 75.5 Å². The van der Waals surface area contributed by atoms with Crippen LogP contribution in [0.25, 0.3) is 0 Å². The Bertz CT molecular complexity index is 938. The largest absolute Gasteiger partial charge is 0.444 e. The van der Waals surface area contributed by atoms with Crippen LogP contribution in [-0.2, 0) is 9.53 Å². The summed E-state index contributed by atoms with van der Waals surface area (Å²) in [5.74, 6) is 1.31. The molecule has 0 unspecified atom stereocenters. The maximum atomic E-state index is 12.3. The van der Waals surface area contributed by atoms with Gasteiger partial charge in [0.1, 0.15) is 11.4 Å². The van der Waals surface area contributed by atoms with Crippen LogP contribution in [0.15, 0.2) is 71.5 Å². The first-order valence-corrected chi connectivity index (χ1v) is 10.8. The minimum Gasteiger partial charge on any atom is -0.444 e. The maximum Gasteiger partial charge on any atom is 0.410 e. The summed E-state index contributed by atoms with van der Waals surface area (Å²) in [6.07, 6.45) is 17.1. The quantitative estimate of drug-likeness (QED) is 0.680. The molecule has 7 heteroatoms. The molecule has 0 aromatic heterocycles. The van der Waals surface area contributed by atoms with Crippen LogP contribution >= 0.6 is 0 Å². The third kappa shape index (κ3) is 5.10. The van der Waals surface area contributed by atoms with E-state index in [4.69, 9.17) is 4.74 Å². The highest BCUT2D eigenvalue weighted by Crippen LogP contribution is 2.33. The topological polar surface area (TPSA) is 73.9 Å². The SMILES string of the molecule is CC(C)(C)OC(=O)N1CCC(CNC(=O)C=CC2=CC3=CNC4=CC=CC(=C2)N34)CC1. The molecular formula is C24H30N4O3. The van der Waals surface area contributed by atoms with E-state index in [1.54, 1.807) is 11.0 Å². The van der Waals surface area contributed by atoms with Crippen molar-refractivity contribution in [1.29, 1.82) is 0 Å². The molecule has 0 atom stereocenters. The molecule has 7 nitrogen and oxygen atoms in total. The van der Waals surface area contributed by atoms with Crippen molar-refractivity contribution in [3.8, 4) is 0 Å². The molecule has 4 rings (SSSR count). The number of piperidine rings is 1. The van der Waals surface area contributed by atoms with Gasteiger partial charge in [-0.1, -0.05) is 6.08 Å². The van der Waals surface area contributed by atoms with Gasteiger partial charge in [0, 0.05) is 37.6 Å². The number of nitrogens with zero attached hydrogens (tertiary/aromatic N) is 2. The molecule has 2 N–H and O–H groups in total. The van der Waals surface area contributed by atoms with Gasteiger partial charge in [-0.15, -0.1) is 0 Å². The highest BCUT2D eigenvalue weighted by Gasteiger charge is 2.27. The minimum atomic E-state index is -0.479. The Labute approximate surface area is 183 Å². The average Bonchev–Trinajstić information content (AvgIpc) is 3.14. The van der Waals surface area contributed by atoms with Gasteiger partial charge in [0.05, 0.1) is 5.70 Å². The molecular weight excluding hydrogens is 392 g/mol. The van der Waals surface area contributed by atoms with E-state index < -0.39 is 5.60 Å². The Kier molecular flexibility index (Phi) is 5.76. The summed E-state index contributed by atoms with van der Waals surface area (Å²) in [7, 11) is 0. The summed E-state index contributed by atoms with van der Waals surface area (Å²) in [4.78, 5) is 28.4. The van der Waals surface area contributed by atoms with E-state index in [1.807, 2.05) is 51.3 Å². The van der Waals surface area contributed by atoms with Crippen LogP contribution in [0.1, 0.15) is 33.6 Å². The fourth-order valence-corrected chi connectivity index (χ4v) is 3.96. The summed E-state index contributed by atoms with van der Waals surface area (Å²) in [6, 6.07) is 0. The third-order valence-electron chi connectivity index (χ3n) is 5.53. The van der Waals surface area contributed by atoms with Gasteiger partial charge >= 0.3 is 6.09 Å². The molecule has 31 heavy (non-hydrogen) atoms. The first-order chi connectivity index (χ1) is 14.8. The summed E-state index contributed by atoms with van der Waals surface area (Å²) < 4.78 is 5.43. The lowest BCUT2D eigenvalue weighted by Gasteiger charge is -2.33.